The molecule has 4 aliphatic rings. The third-order valence-electron chi connectivity index (χ3n) is 6.00. The molecule has 0 aromatic heterocycles. The van der Waals surface area contributed by atoms with Crippen LogP contribution >= 0.6 is 0 Å². The summed E-state index contributed by atoms with van der Waals surface area (Å²) < 4.78 is 0. The molecule has 0 aromatic rings. The van der Waals surface area contributed by atoms with Crippen LogP contribution in [-0.2, 0) is 9.59 Å². The number of allylic oxidation sites excluding steroid dienone is 7. The second-order valence-corrected chi connectivity index (χ2v) is 7.64. The lowest BCUT2D eigenvalue weighted by molar-refractivity contribution is -0.148. The molecule has 1 N–H and O–H groups in total. The maximum absolute atomic E-state index is 13.6. The molecule has 0 radical (unpaired) electrons. The number of nitrogens with zero attached hydrogens (tertiary/aromatic N) is 1. The van der Waals surface area contributed by atoms with Crippen molar-refractivity contribution in [1.29, 1.82) is 0 Å². The maximum atomic E-state index is 13.6. The number of rotatable bonds is 6. The highest BCUT2D eigenvalue weighted by atomic mass is 16.4. The van der Waals surface area contributed by atoms with Crippen molar-refractivity contribution in [3.05, 3.63) is 47.6 Å². The van der Waals surface area contributed by atoms with Gasteiger partial charge in [0.2, 0.25) is 5.91 Å². The predicted octanol–water partition coefficient (Wildman–Crippen LogP) is 3.48. The summed E-state index contributed by atoms with van der Waals surface area (Å²) in [6.45, 7) is -0.179. The van der Waals surface area contributed by atoms with Gasteiger partial charge in [0.05, 0.1) is 5.92 Å². The van der Waals surface area contributed by atoms with Crippen molar-refractivity contribution in [2.45, 2.75) is 44.6 Å². The number of hydrogen-bond donors (Lipinski definition) is 1. The van der Waals surface area contributed by atoms with Crippen molar-refractivity contribution in [3.63, 3.8) is 0 Å². The topological polar surface area (TPSA) is 57.6 Å². The van der Waals surface area contributed by atoms with Gasteiger partial charge in [0.15, 0.2) is 0 Å². The van der Waals surface area contributed by atoms with E-state index in [4.69, 9.17) is 0 Å². The van der Waals surface area contributed by atoms with Gasteiger partial charge >= 0.3 is 5.97 Å². The highest BCUT2D eigenvalue weighted by Gasteiger charge is 2.43. The largest absolute Gasteiger partial charge is 0.480 e. The minimum absolute atomic E-state index is 0.0129. The highest BCUT2D eigenvalue weighted by molar-refractivity contribution is 5.87. The molecule has 0 saturated heterocycles. The summed E-state index contributed by atoms with van der Waals surface area (Å²) in [5, 5.41) is 9.37. The standard InChI is InChI=1S/C21H25NO3/c23-19(24)13-22(16-8-4-5-9-16)21(25)20(14-6-2-1-3-7-14)17-11-10-15-12-18(15)17/h1-3,6,10-11,14-16,20H,4-5,7-9,12-13H2,(H,23,24). The van der Waals surface area contributed by atoms with Crippen molar-refractivity contribution in [2.24, 2.45) is 17.8 Å². The number of carboxylic acid groups (broad SMARTS) is 1. The van der Waals surface area contributed by atoms with E-state index < -0.39 is 5.97 Å². The van der Waals surface area contributed by atoms with E-state index in [0.29, 0.717) is 5.92 Å². The van der Waals surface area contributed by atoms with Gasteiger partial charge in [-0.1, -0.05) is 54.9 Å². The summed E-state index contributed by atoms with van der Waals surface area (Å²) in [5.41, 5.74) is 2.55. The van der Waals surface area contributed by atoms with Crippen LogP contribution in [0.15, 0.2) is 47.6 Å². The Morgan fingerprint density at radius 1 is 1.20 bits per heavy atom. The molecule has 2 saturated carbocycles. The van der Waals surface area contributed by atoms with Gasteiger partial charge in [0.1, 0.15) is 6.54 Å². The molecule has 4 nitrogen and oxygen atoms in total. The Morgan fingerprint density at radius 2 is 2.00 bits per heavy atom. The lowest BCUT2D eigenvalue weighted by Crippen LogP contribution is -2.47. The molecule has 4 rings (SSSR count). The summed E-state index contributed by atoms with van der Waals surface area (Å²) in [4.78, 5) is 26.6. The van der Waals surface area contributed by atoms with Crippen LogP contribution in [0.25, 0.3) is 0 Å². The van der Waals surface area contributed by atoms with E-state index >= 15 is 0 Å². The lowest BCUT2D eigenvalue weighted by Gasteiger charge is -2.34. The van der Waals surface area contributed by atoms with Crippen LogP contribution in [0.1, 0.15) is 38.5 Å². The Kier molecular flexibility index (Phi) is 4.36. The van der Waals surface area contributed by atoms with E-state index in [-0.39, 0.29) is 30.3 Å². The number of carbonyl (C=O) groups is 2. The van der Waals surface area contributed by atoms with E-state index in [9.17, 15) is 14.7 Å². The number of carbonyl (C=O) groups excluding carboxylic acids is 1. The van der Waals surface area contributed by atoms with Crippen LogP contribution in [0.2, 0.25) is 0 Å². The van der Waals surface area contributed by atoms with Crippen molar-refractivity contribution in [1.82, 2.24) is 4.90 Å². The van der Waals surface area contributed by atoms with E-state index in [1.54, 1.807) is 4.90 Å². The monoisotopic (exact) mass is 339 g/mol. The number of amides is 1. The number of aliphatic carboxylic acids is 1. The quantitative estimate of drug-likeness (QED) is 0.806. The van der Waals surface area contributed by atoms with E-state index in [0.717, 1.165) is 44.1 Å². The van der Waals surface area contributed by atoms with Crippen molar-refractivity contribution < 1.29 is 14.7 Å². The van der Waals surface area contributed by atoms with Gasteiger partial charge < -0.3 is 10.0 Å². The third-order valence-corrected chi connectivity index (χ3v) is 6.00. The Balaban J connectivity index is 1.64. The smallest absolute Gasteiger partial charge is 0.323 e. The molecule has 25 heavy (non-hydrogen) atoms. The van der Waals surface area contributed by atoms with Gasteiger partial charge in [0.25, 0.3) is 0 Å². The van der Waals surface area contributed by atoms with Crippen LogP contribution in [-0.4, -0.2) is 34.5 Å². The van der Waals surface area contributed by atoms with Crippen molar-refractivity contribution in [2.75, 3.05) is 6.54 Å². The Hall–Kier alpha value is -2.10. The first-order chi connectivity index (χ1) is 12.1. The SMILES string of the molecule is O=C(O)CN(C(=O)C(C1=C2CC2C=C1)C1C=CC=CC1)C1CCCC1. The summed E-state index contributed by atoms with van der Waals surface area (Å²) in [5.74, 6) is -0.477. The summed E-state index contributed by atoms with van der Waals surface area (Å²) in [6.07, 6.45) is 18.5. The summed E-state index contributed by atoms with van der Waals surface area (Å²) in [6, 6.07) is 0.0835. The second-order valence-electron chi connectivity index (χ2n) is 7.64. The zero-order valence-corrected chi connectivity index (χ0v) is 14.4. The normalized spacial score (nSPS) is 28.3. The molecule has 4 aliphatic carbocycles. The van der Waals surface area contributed by atoms with Crippen LogP contribution in [0.3, 0.4) is 0 Å². The molecule has 2 fully saturated rings. The molecule has 4 heteroatoms. The van der Waals surface area contributed by atoms with Gasteiger partial charge in [-0.2, -0.15) is 0 Å². The van der Waals surface area contributed by atoms with E-state index in [2.05, 4.69) is 24.3 Å². The van der Waals surface area contributed by atoms with Gasteiger partial charge in [-0.15, -0.1) is 0 Å². The average molecular weight is 339 g/mol. The first-order valence-electron chi connectivity index (χ1n) is 9.42. The molecule has 0 heterocycles. The molecule has 0 bridgehead atoms. The molecule has 0 aromatic carbocycles. The molecule has 0 spiro atoms. The number of carboxylic acids is 1. The first-order valence-corrected chi connectivity index (χ1v) is 9.42. The Bertz CT molecular complexity index is 694. The minimum Gasteiger partial charge on any atom is -0.480 e. The number of fused-ring (bicyclic) bond motifs is 1. The highest BCUT2D eigenvalue weighted by Crippen LogP contribution is 2.50. The number of hydrogen-bond acceptors (Lipinski definition) is 2. The van der Waals surface area contributed by atoms with Gasteiger partial charge in [-0.25, -0.2) is 0 Å². The van der Waals surface area contributed by atoms with Crippen molar-refractivity contribution in [3.8, 4) is 0 Å². The summed E-state index contributed by atoms with van der Waals surface area (Å²) in [7, 11) is 0. The fourth-order valence-electron chi connectivity index (χ4n) is 4.65. The molecule has 0 aliphatic heterocycles. The second kappa shape index (κ2) is 6.66. The van der Waals surface area contributed by atoms with Crippen LogP contribution < -0.4 is 0 Å². The minimum atomic E-state index is -0.915. The van der Waals surface area contributed by atoms with Gasteiger partial charge in [-0.3, -0.25) is 9.59 Å². The zero-order valence-electron chi connectivity index (χ0n) is 14.4. The molecule has 1 amide bonds. The fourth-order valence-corrected chi connectivity index (χ4v) is 4.65. The fraction of sp³-hybridized carbons (Fsp3) is 0.524. The van der Waals surface area contributed by atoms with Crippen LogP contribution in [0.5, 0.6) is 0 Å². The third kappa shape index (κ3) is 3.22. The summed E-state index contributed by atoms with van der Waals surface area (Å²) >= 11 is 0. The predicted molar refractivity (Wildman–Crippen MR) is 95.8 cm³/mol. The lowest BCUT2D eigenvalue weighted by atomic mass is 9.80. The Morgan fingerprint density at radius 3 is 2.56 bits per heavy atom. The van der Waals surface area contributed by atoms with Crippen LogP contribution in [0, 0.1) is 17.8 Å². The van der Waals surface area contributed by atoms with Gasteiger partial charge in [0, 0.05) is 12.0 Å². The van der Waals surface area contributed by atoms with Gasteiger partial charge in [-0.05, 0) is 37.2 Å². The van der Waals surface area contributed by atoms with Crippen molar-refractivity contribution >= 4 is 11.9 Å². The molecule has 132 valence electrons. The maximum Gasteiger partial charge on any atom is 0.323 e. The average Bonchev–Trinajstić information content (AvgIpc) is 3.01. The molecular formula is C21H25NO3. The zero-order chi connectivity index (χ0) is 17.4. The molecule has 3 unspecified atom stereocenters. The van der Waals surface area contributed by atoms with E-state index in [1.807, 2.05) is 12.2 Å². The van der Waals surface area contributed by atoms with E-state index in [1.165, 1.54) is 5.57 Å². The van der Waals surface area contributed by atoms with Crippen LogP contribution in [0.4, 0.5) is 0 Å². The first kappa shape index (κ1) is 16.4. The molecular weight excluding hydrogens is 314 g/mol. The molecule has 3 atom stereocenters. The Labute approximate surface area is 148 Å².